The Morgan fingerprint density at radius 3 is 2.29 bits per heavy atom. The lowest BCUT2D eigenvalue weighted by Crippen LogP contribution is -2.63. The van der Waals surface area contributed by atoms with Crippen LogP contribution in [0.15, 0.2) is 0 Å². The number of ether oxygens (including phenoxy) is 4. The molecule has 2 fully saturated rings. The summed E-state index contributed by atoms with van der Waals surface area (Å²) in [6.07, 6.45) is -8.43. The minimum Gasteiger partial charge on any atom is -0.388 e. The summed E-state index contributed by atoms with van der Waals surface area (Å²) >= 11 is 0. The van der Waals surface area contributed by atoms with E-state index in [4.69, 9.17) is 18.9 Å². The maximum atomic E-state index is 10.0. The Morgan fingerprint density at radius 2 is 1.67 bits per heavy atom. The van der Waals surface area contributed by atoms with Crippen molar-refractivity contribution >= 4 is 0 Å². The standard InChI is InChI=1S/C12H22O9/c1-12(17)10(16)9(6(14)4-20-12)21-11-7(15)8(18-2)5(13)3-19-11/h5-11,13-17H,3-4H2,1-2H3/t5-,6-,7?,8+,9+,10?,11+,12?/m1/s1. The molecule has 9 heteroatoms. The predicted octanol–water partition coefficient (Wildman–Crippen LogP) is -3.07. The highest BCUT2D eigenvalue weighted by molar-refractivity contribution is 4.92. The topological polar surface area (TPSA) is 138 Å². The molecule has 8 atom stereocenters. The van der Waals surface area contributed by atoms with E-state index in [-0.39, 0.29) is 13.2 Å². The number of hydrogen-bond donors (Lipinski definition) is 5. The second-order valence-electron chi connectivity index (χ2n) is 5.44. The first-order valence-corrected chi connectivity index (χ1v) is 6.66. The molecule has 0 radical (unpaired) electrons. The Morgan fingerprint density at radius 1 is 1.05 bits per heavy atom. The first-order chi connectivity index (χ1) is 9.77. The lowest BCUT2D eigenvalue weighted by Gasteiger charge is -2.44. The number of aliphatic hydroxyl groups excluding tert-OH is 4. The maximum absolute atomic E-state index is 10.0. The molecular formula is C12H22O9. The molecule has 2 aliphatic heterocycles. The Labute approximate surface area is 121 Å². The molecular weight excluding hydrogens is 288 g/mol. The van der Waals surface area contributed by atoms with Crippen LogP contribution in [-0.4, -0.2) is 94.6 Å². The summed E-state index contributed by atoms with van der Waals surface area (Å²) in [4.78, 5) is 0. The molecule has 0 bridgehead atoms. The SMILES string of the molecule is CO[C@@H]1C(O)[C@H](O[C@@H]2C(O)C(C)(O)OC[C@H]2O)OC[C@H]1O. The van der Waals surface area contributed by atoms with E-state index in [1.165, 1.54) is 14.0 Å². The van der Waals surface area contributed by atoms with Crippen LogP contribution in [0.3, 0.4) is 0 Å². The van der Waals surface area contributed by atoms with Crippen molar-refractivity contribution in [3.8, 4) is 0 Å². The summed E-state index contributed by atoms with van der Waals surface area (Å²) in [6.45, 7) is 0.861. The van der Waals surface area contributed by atoms with Gasteiger partial charge >= 0.3 is 0 Å². The van der Waals surface area contributed by atoms with Crippen LogP contribution in [0, 0.1) is 0 Å². The fourth-order valence-electron chi connectivity index (χ4n) is 2.46. The summed E-state index contributed by atoms with van der Waals surface area (Å²) in [5.74, 6) is -1.89. The van der Waals surface area contributed by atoms with Gasteiger partial charge in [-0.3, -0.25) is 0 Å². The highest BCUT2D eigenvalue weighted by Crippen LogP contribution is 2.28. The van der Waals surface area contributed by atoms with E-state index in [1.807, 2.05) is 0 Å². The zero-order valence-corrected chi connectivity index (χ0v) is 11.8. The van der Waals surface area contributed by atoms with Crippen molar-refractivity contribution in [1.82, 2.24) is 0 Å². The fourth-order valence-corrected chi connectivity index (χ4v) is 2.46. The second kappa shape index (κ2) is 6.41. The average Bonchev–Trinajstić information content (AvgIpc) is 2.43. The van der Waals surface area contributed by atoms with Crippen molar-refractivity contribution in [2.24, 2.45) is 0 Å². The molecule has 0 saturated carbocycles. The molecule has 124 valence electrons. The van der Waals surface area contributed by atoms with Gasteiger partial charge in [0, 0.05) is 7.11 Å². The van der Waals surface area contributed by atoms with Gasteiger partial charge in [0.1, 0.15) is 36.6 Å². The lowest BCUT2D eigenvalue weighted by molar-refractivity contribution is -0.355. The number of hydrogen-bond acceptors (Lipinski definition) is 9. The molecule has 5 N–H and O–H groups in total. The van der Waals surface area contributed by atoms with Gasteiger partial charge in [-0.1, -0.05) is 0 Å². The third-order valence-corrected chi connectivity index (χ3v) is 3.77. The highest BCUT2D eigenvalue weighted by Gasteiger charge is 2.49. The van der Waals surface area contributed by atoms with E-state index in [0.29, 0.717) is 0 Å². The number of aliphatic hydroxyl groups is 5. The van der Waals surface area contributed by atoms with Gasteiger partial charge in [-0.05, 0) is 6.92 Å². The van der Waals surface area contributed by atoms with Crippen LogP contribution in [0.1, 0.15) is 6.92 Å². The van der Waals surface area contributed by atoms with Gasteiger partial charge in [0.2, 0.25) is 0 Å². The van der Waals surface area contributed by atoms with E-state index < -0.39 is 48.7 Å². The van der Waals surface area contributed by atoms with Gasteiger partial charge in [-0.2, -0.15) is 0 Å². The van der Waals surface area contributed by atoms with E-state index in [9.17, 15) is 25.5 Å². The molecule has 3 unspecified atom stereocenters. The van der Waals surface area contributed by atoms with Crippen LogP contribution >= 0.6 is 0 Å². The first kappa shape index (κ1) is 17.0. The minimum absolute atomic E-state index is 0.133. The van der Waals surface area contributed by atoms with Crippen LogP contribution in [0.2, 0.25) is 0 Å². The third kappa shape index (κ3) is 3.36. The van der Waals surface area contributed by atoms with Crippen LogP contribution in [-0.2, 0) is 18.9 Å². The molecule has 0 aromatic carbocycles. The number of methoxy groups -OCH3 is 1. The summed E-state index contributed by atoms with van der Waals surface area (Å²) < 4.78 is 20.4. The summed E-state index contributed by atoms with van der Waals surface area (Å²) in [6, 6.07) is 0. The van der Waals surface area contributed by atoms with E-state index >= 15 is 0 Å². The zero-order chi connectivity index (χ0) is 15.8. The van der Waals surface area contributed by atoms with E-state index in [0.717, 1.165) is 0 Å². The van der Waals surface area contributed by atoms with Gasteiger partial charge < -0.3 is 44.5 Å². The molecule has 2 rings (SSSR count). The van der Waals surface area contributed by atoms with Crippen molar-refractivity contribution < 1.29 is 44.5 Å². The van der Waals surface area contributed by atoms with Crippen molar-refractivity contribution in [2.75, 3.05) is 20.3 Å². The van der Waals surface area contributed by atoms with Gasteiger partial charge in [0.05, 0.1) is 13.2 Å². The van der Waals surface area contributed by atoms with E-state index in [1.54, 1.807) is 0 Å². The van der Waals surface area contributed by atoms with Gasteiger partial charge in [-0.15, -0.1) is 0 Å². The third-order valence-electron chi connectivity index (χ3n) is 3.77. The molecule has 21 heavy (non-hydrogen) atoms. The molecule has 2 heterocycles. The predicted molar refractivity (Wildman–Crippen MR) is 66.0 cm³/mol. The van der Waals surface area contributed by atoms with Crippen molar-refractivity contribution in [1.29, 1.82) is 0 Å². The Bertz CT molecular complexity index is 350. The molecule has 0 aromatic rings. The van der Waals surface area contributed by atoms with Crippen LogP contribution < -0.4 is 0 Å². The van der Waals surface area contributed by atoms with Gasteiger partial charge in [0.15, 0.2) is 12.1 Å². The fraction of sp³-hybridized carbons (Fsp3) is 1.00. The second-order valence-corrected chi connectivity index (χ2v) is 5.44. The minimum atomic E-state index is -1.89. The molecule has 2 saturated heterocycles. The first-order valence-electron chi connectivity index (χ1n) is 6.66. The Balaban J connectivity index is 2.05. The van der Waals surface area contributed by atoms with Crippen LogP contribution in [0.25, 0.3) is 0 Å². The highest BCUT2D eigenvalue weighted by atomic mass is 16.7. The average molecular weight is 310 g/mol. The molecule has 2 aliphatic rings. The van der Waals surface area contributed by atoms with Crippen LogP contribution in [0.5, 0.6) is 0 Å². The Hall–Kier alpha value is -0.360. The van der Waals surface area contributed by atoms with Crippen molar-refractivity contribution in [3.63, 3.8) is 0 Å². The largest absolute Gasteiger partial charge is 0.388 e. The molecule has 0 aromatic heterocycles. The summed E-state index contributed by atoms with van der Waals surface area (Å²) in [5.41, 5.74) is 0. The molecule has 0 aliphatic carbocycles. The normalized spacial score (nSPS) is 51.9. The Kier molecular flexibility index (Phi) is 5.19. The number of rotatable bonds is 3. The monoisotopic (exact) mass is 310 g/mol. The quantitative estimate of drug-likeness (QED) is 0.367. The summed E-state index contributed by atoms with van der Waals surface area (Å²) in [5, 5.41) is 49.3. The molecule has 9 nitrogen and oxygen atoms in total. The smallest absolute Gasteiger partial charge is 0.191 e. The molecule has 0 amide bonds. The van der Waals surface area contributed by atoms with Crippen molar-refractivity contribution in [3.05, 3.63) is 0 Å². The van der Waals surface area contributed by atoms with E-state index in [2.05, 4.69) is 0 Å². The zero-order valence-electron chi connectivity index (χ0n) is 11.8. The lowest BCUT2D eigenvalue weighted by atomic mass is 9.97. The maximum Gasteiger partial charge on any atom is 0.191 e. The van der Waals surface area contributed by atoms with Gasteiger partial charge in [-0.25, -0.2) is 0 Å². The summed E-state index contributed by atoms with van der Waals surface area (Å²) in [7, 11) is 1.32. The van der Waals surface area contributed by atoms with Crippen LogP contribution in [0.4, 0.5) is 0 Å². The van der Waals surface area contributed by atoms with Crippen molar-refractivity contribution in [2.45, 2.75) is 55.6 Å². The van der Waals surface area contributed by atoms with Gasteiger partial charge in [0.25, 0.3) is 0 Å². The molecule has 0 spiro atoms.